The number of nitrogens with zero attached hydrogens (tertiary/aromatic N) is 1. The van der Waals surface area contributed by atoms with Gasteiger partial charge < -0.3 is 15.4 Å². The molecule has 2 rings (SSSR count). The normalized spacial score (nSPS) is 10.3. The monoisotopic (exact) mass is 364 g/mol. The minimum atomic E-state index is -0.562. The number of ether oxygens (including phenoxy) is 1. The van der Waals surface area contributed by atoms with E-state index in [2.05, 4.69) is 0 Å². The lowest BCUT2D eigenvalue weighted by Gasteiger charge is -2.22. The van der Waals surface area contributed by atoms with Crippen molar-refractivity contribution in [1.82, 2.24) is 4.90 Å². The van der Waals surface area contributed by atoms with Crippen LogP contribution in [0.4, 0.5) is 4.39 Å². The van der Waals surface area contributed by atoms with Crippen LogP contribution in [-0.4, -0.2) is 29.9 Å². The van der Waals surface area contributed by atoms with E-state index < -0.39 is 11.7 Å². The fraction of sp³-hybridized carbons (Fsp3) is 0.222. The summed E-state index contributed by atoms with van der Waals surface area (Å²) in [4.78, 5) is 24.9. The first-order chi connectivity index (χ1) is 12.0. The van der Waals surface area contributed by atoms with Gasteiger partial charge in [-0.1, -0.05) is 41.9 Å². The maximum atomic E-state index is 13.1. The summed E-state index contributed by atoms with van der Waals surface area (Å²) in [7, 11) is 0. The van der Waals surface area contributed by atoms with Gasteiger partial charge >= 0.3 is 0 Å². The minimum Gasteiger partial charge on any atom is -0.484 e. The molecule has 25 heavy (non-hydrogen) atoms. The van der Waals surface area contributed by atoms with E-state index in [0.717, 1.165) is 11.6 Å². The zero-order valence-electron chi connectivity index (χ0n) is 13.5. The van der Waals surface area contributed by atoms with E-state index in [1.807, 2.05) is 30.3 Å². The maximum Gasteiger partial charge on any atom is 0.260 e. The summed E-state index contributed by atoms with van der Waals surface area (Å²) < 4.78 is 18.5. The van der Waals surface area contributed by atoms with Gasteiger partial charge in [0, 0.05) is 25.6 Å². The lowest BCUT2D eigenvalue weighted by atomic mass is 10.2. The van der Waals surface area contributed by atoms with E-state index in [4.69, 9.17) is 22.1 Å². The van der Waals surface area contributed by atoms with Gasteiger partial charge in [0.15, 0.2) is 6.61 Å². The Kier molecular flexibility index (Phi) is 6.77. The van der Waals surface area contributed by atoms with Gasteiger partial charge in [-0.25, -0.2) is 4.39 Å². The molecule has 2 aromatic rings. The number of nitrogens with two attached hydrogens (primary N) is 1. The standard InChI is InChI=1S/C18H18ClFN2O3/c19-15-10-14(6-7-16(15)20)25-12-18(24)22(9-8-17(21)23)11-13-4-2-1-3-5-13/h1-7,10H,8-9,11-12H2,(H2,21,23). The van der Waals surface area contributed by atoms with E-state index in [1.165, 1.54) is 17.0 Å². The van der Waals surface area contributed by atoms with Gasteiger partial charge in [-0.15, -0.1) is 0 Å². The smallest absolute Gasteiger partial charge is 0.260 e. The van der Waals surface area contributed by atoms with E-state index in [1.54, 1.807) is 0 Å². The van der Waals surface area contributed by atoms with Gasteiger partial charge in [0.2, 0.25) is 5.91 Å². The molecule has 132 valence electrons. The number of carbonyl (C=O) groups excluding carboxylic acids is 2. The molecule has 0 aliphatic carbocycles. The van der Waals surface area contributed by atoms with Gasteiger partial charge in [-0.3, -0.25) is 9.59 Å². The van der Waals surface area contributed by atoms with Crippen LogP contribution in [0.2, 0.25) is 5.02 Å². The van der Waals surface area contributed by atoms with Crippen LogP contribution in [0.3, 0.4) is 0 Å². The summed E-state index contributed by atoms with van der Waals surface area (Å²) in [6.07, 6.45) is 0.0565. The van der Waals surface area contributed by atoms with Gasteiger partial charge in [-0.05, 0) is 17.7 Å². The van der Waals surface area contributed by atoms with E-state index >= 15 is 0 Å². The number of hydrogen-bond acceptors (Lipinski definition) is 3. The molecule has 7 heteroatoms. The average molecular weight is 365 g/mol. The van der Waals surface area contributed by atoms with Crippen LogP contribution in [0, 0.1) is 5.82 Å². The van der Waals surface area contributed by atoms with Gasteiger partial charge in [-0.2, -0.15) is 0 Å². The number of carbonyl (C=O) groups is 2. The number of rotatable bonds is 8. The zero-order valence-corrected chi connectivity index (χ0v) is 14.2. The van der Waals surface area contributed by atoms with Gasteiger partial charge in [0.25, 0.3) is 5.91 Å². The van der Waals surface area contributed by atoms with Crippen LogP contribution in [0.1, 0.15) is 12.0 Å². The summed E-state index contributed by atoms with van der Waals surface area (Å²) in [5.41, 5.74) is 6.09. The zero-order chi connectivity index (χ0) is 18.2. The molecule has 2 N–H and O–H groups in total. The SMILES string of the molecule is NC(=O)CCN(Cc1ccccc1)C(=O)COc1ccc(F)c(Cl)c1. The Morgan fingerprint density at radius 1 is 1.16 bits per heavy atom. The molecule has 0 heterocycles. The largest absolute Gasteiger partial charge is 0.484 e. The quantitative estimate of drug-likeness (QED) is 0.782. The molecule has 0 bridgehead atoms. The number of amides is 2. The summed E-state index contributed by atoms with van der Waals surface area (Å²) in [6, 6.07) is 13.2. The van der Waals surface area contributed by atoms with Crippen molar-refractivity contribution in [3.05, 3.63) is 64.9 Å². The third-order valence-corrected chi connectivity index (χ3v) is 3.74. The van der Waals surface area contributed by atoms with E-state index in [0.29, 0.717) is 6.54 Å². The Hall–Kier alpha value is -2.60. The maximum absolute atomic E-state index is 13.1. The molecule has 2 amide bonds. The van der Waals surface area contributed by atoms with Crippen molar-refractivity contribution in [1.29, 1.82) is 0 Å². The molecule has 0 spiro atoms. The molecule has 0 radical (unpaired) electrons. The fourth-order valence-corrected chi connectivity index (χ4v) is 2.31. The molecule has 0 unspecified atom stereocenters. The predicted molar refractivity (Wildman–Crippen MR) is 92.6 cm³/mol. The summed E-state index contributed by atoms with van der Waals surface area (Å²) >= 11 is 5.68. The first kappa shape index (κ1) is 18.7. The molecule has 0 saturated heterocycles. The molecule has 0 aliphatic rings. The molecule has 0 fully saturated rings. The average Bonchev–Trinajstić information content (AvgIpc) is 2.60. The van der Waals surface area contributed by atoms with Crippen molar-refractivity contribution >= 4 is 23.4 Å². The van der Waals surface area contributed by atoms with Crippen LogP contribution in [0.5, 0.6) is 5.75 Å². The van der Waals surface area contributed by atoms with Crippen LogP contribution >= 0.6 is 11.6 Å². The Balaban J connectivity index is 2.00. The number of primary amides is 1. The molecular weight excluding hydrogens is 347 g/mol. The predicted octanol–water partition coefficient (Wildman–Crippen LogP) is 2.76. The van der Waals surface area contributed by atoms with Crippen molar-refractivity contribution in [2.24, 2.45) is 5.73 Å². The van der Waals surface area contributed by atoms with Crippen LogP contribution in [0.25, 0.3) is 0 Å². The van der Waals surface area contributed by atoms with E-state index in [-0.39, 0.29) is 36.3 Å². The molecular formula is C18H18ClFN2O3. The Morgan fingerprint density at radius 3 is 2.52 bits per heavy atom. The Morgan fingerprint density at radius 2 is 1.88 bits per heavy atom. The third-order valence-electron chi connectivity index (χ3n) is 3.45. The molecule has 0 aliphatic heterocycles. The third kappa shape index (κ3) is 6.08. The fourth-order valence-electron chi connectivity index (χ4n) is 2.14. The number of hydrogen-bond donors (Lipinski definition) is 1. The van der Waals surface area contributed by atoms with Gasteiger partial charge in [0.05, 0.1) is 5.02 Å². The van der Waals surface area contributed by atoms with Gasteiger partial charge in [0.1, 0.15) is 11.6 Å². The summed E-state index contributed by atoms with van der Waals surface area (Å²) in [5.74, 6) is -1.08. The number of benzene rings is 2. The first-order valence-corrected chi connectivity index (χ1v) is 8.01. The van der Waals surface area contributed by atoms with E-state index in [9.17, 15) is 14.0 Å². The summed E-state index contributed by atoms with van der Waals surface area (Å²) in [5, 5.41) is -0.0835. The highest BCUT2D eigenvalue weighted by Gasteiger charge is 2.16. The lowest BCUT2D eigenvalue weighted by molar-refractivity contribution is -0.134. The van der Waals surface area contributed by atoms with Crippen molar-refractivity contribution < 1.29 is 18.7 Å². The van der Waals surface area contributed by atoms with Crippen LogP contribution in [0.15, 0.2) is 48.5 Å². The molecule has 2 aromatic carbocycles. The summed E-state index contributed by atoms with van der Waals surface area (Å²) in [6.45, 7) is 0.268. The van der Waals surface area contributed by atoms with Crippen molar-refractivity contribution in [2.75, 3.05) is 13.2 Å². The second kappa shape index (κ2) is 9.03. The second-order valence-electron chi connectivity index (χ2n) is 5.38. The highest BCUT2D eigenvalue weighted by Crippen LogP contribution is 2.21. The first-order valence-electron chi connectivity index (χ1n) is 7.63. The van der Waals surface area contributed by atoms with Crippen molar-refractivity contribution in [2.45, 2.75) is 13.0 Å². The second-order valence-corrected chi connectivity index (χ2v) is 5.79. The minimum absolute atomic E-state index is 0.0565. The molecule has 0 saturated carbocycles. The van der Waals surface area contributed by atoms with Crippen LogP contribution in [-0.2, 0) is 16.1 Å². The molecule has 0 atom stereocenters. The van der Waals surface area contributed by atoms with Crippen LogP contribution < -0.4 is 10.5 Å². The van der Waals surface area contributed by atoms with Crippen molar-refractivity contribution in [3.63, 3.8) is 0 Å². The highest BCUT2D eigenvalue weighted by atomic mass is 35.5. The topological polar surface area (TPSA) is 72.6 Å². The molecule has 0 aromatic heterocycles. The molecule has 5 nitrogen and oxygen atoms in total. The Bertz CT molecular complexity index is 740. The van der Waals surface area contributed by atoms with Crippen molar-refractivity contribution in [3.8, 4) is 5.75 Å². The number of halogens is 2. The Labute approximate surface area is 150 Å². The lowest BCUT2D eigenvalue weighted by Crippen LogP contribution is -2.36. The highest BCUT2D eigenvalue weighted by molar-refractivity contribution is 6.30.